The van der Waals surface area contributed by atoms with Gasteiger partial charge in [0.2, 0.25) is 0 Å². The molecule has 1 heterocycles. The normalized spacial score (nSPS) is 21.2. The van der Waals surface area contributed by atoms with Crippen LogP contribution in [0, 0.1) is 0 Å². The van der Waals surface area contributed by atoms with E-state index >= 15 is 0 Å². The number of carbonyl (C=O) groups is 1. The highest BCUT2D eigenvalue weighted by molar-refractivity contribution is 5.75. The smallest absolute Gasteiger partial charge is 0.322 e. The average Bonchev–Trinajstić information content (AvgIpc) is 2.77. The largest absolute Gasteiger partial charge is 0.469 e. The van der Waals surface area contributed by atoms with E-state index in [1.54, 1.807) is 6.26 Å². The van der Waals surface area contributed by atoms with E-state index in [9.17, 15) is 4.79 Å². The second kappa shape index (κ2) is 4.70. The van der Waals surface area contributed by atoms with Crippen LogP contribution >= 0.6 is 0 Å². The van der Waals surface area contributed by atoms with Gasteiger partial charge in [0.15, 0.2) is 0 Å². The summed E-state index contributed by atoms with van der Waals surface area (Å²) in [6.45, 7) is 1.82. The van der Waals surface area contributed by atoms with Gasteiger partial charge < -0.3 is 9.15 Å². The molecule has 1 aliphatic rings. The summed E-state index contributed by atoms with van der Waals surface area (Å²) < 4.78 is 10.1. The molecule has 0 saturated heterocycles. The number of nitrogens with one attached hydrogen (secondary N) is 1. The lowest BCUT2D eigenvalue weighted by Crippen LogP contribution is -2.38. The van der Waals surface area contributed by atoms with Crippen LogP contribution in [0.25, 0.3) is 0 Å². The van der Waals surface area contributed by atoms with Crippen molar-refractivity contribution in [3.63, 3.8) is 0 Å². The summed E-state index contributed by atoms with van der Waals surface area (Å²) in [6, 6.07) is 1.91. The van der Waals surface area contributed by atoms with Crippen molar-refractivity contribution in [3.8, 4) is 0 Å². The number of carbonyl (C=O) groups excluding carboxylic acids is 1. The SMILES string of the molecule is COC(=O)[C@H](C)NC1CCCc2occc21. The first-order valence-corrected chi connectivity index (χ1v) is 5.62. The Morgan fingerprint density at radius 3 is 3.25 bits per heavy atom. The second-order valence-corrected chi connectivity index (χ2v) is 4.16. The van der Waals surface area contributed by atoms with E-state index in [0.717, 1.165) is 25.0 Å². The molecule has 1 unspecified atom stereocenters. The van der Waals surface area contributed by atoms with Crippen LogP contribution < -0.4 is 5.32 Å². The molecule has 88 valence electrons. The Morgan fingerprint density at radius 2 is 2.50 bits per heavy atom. The fraction of sp³-hybridized carbons (Fsp3) is 0.583. The minimum absolute atomic E-state index is 0.205. The average molecular weight is 223 g/mol. The molecule has 4 heteroatoms. The highest BCUT2D eigenvalue weighted by Crippen LogP contribution is 2.30. The summed E-state index contributed by atoms with van der Waals surface area (Å²) in [4.78, 5) is 11.3. The first-order chi connectivity index (χ1) is 7.72. The Balaban J connectivity index is 2.05. The van der Waals surface area contributed by atoms with Crippen molar-refractivity contribution in [2.24, 2.45) is 0 Å². The van der Waals surface area contributed by atoms with Crippen molar-refractivity contribution in [1.29, 1.82) is 0 Å². The summed E-state index contributed by atoms with van der Waals surface area (Å²) >= 11 is 0. The van der Waals surface area contributed by atoms with Crippen LogP contribution in [0.2, 0.25) is 0 Å². The molecule has 1 N–H and O–H groups in total. The van der Waals surface area contributed by atoms with Crippen molar-refractivity contribution in [2.45, 2.75) is 38.3 Å². The van der Waals surface area contributed by atoms with Gasteiger partial charge >= 0.3 is 5.97 Å². The number of hydrogen-bond donors (Lipinski definition) is 1. The lowest BCUT2D eigenvalue weighted by atomic mass is 9.93. The van der Waals surface area contributed by atoms with Gasteiger partial charge in [0.05, 0.1) is 13.4 Å². The molecule has 0 saturated carbocycles. The van der Waals surface area contributed by atoms with E-state index in [2.05, 4.69) is 5.32 Å². The number of hydrogen-bond acceptors (Lipinski definition) is 4. The molecule has 0 bridgehead atoms. The van der Waals surface area contributed by atoms with Crippen molar-refractivity contribution < 1.29 is 13.9 Å². The Hall–Kier alpha value is -1.29. The molecular weight excluding hydrogens is 206 g/mol. The summed E-state index contributed by atoms with van der Waals surface area (Å²) in [7, 11) is 1.41. The van der Waals surface area contributed by atoms with E-state index in [1.165, 1.54) is 12.7 Å². The number of rotatable bonds is 3. The van der Waals surface area contributed by atoms with E-state index in [-0.39, 0.29) is 18.1 Å². The number of furan rings is 1. The van der Waals surface area contributed by atoms with Crippen LogP contribution in [0.5, 0.6) is 0 Å². The Kier molecular flexibility index (Phi) is 3.29. The van der Waals surface area contributed by atoms with Gasteiger partial charge in [-0.05, 0) is 25.8 Å². The third-order valence-corrected chi connectivity index (χ3v) is 3.06. The van der Waals surface area contributed by atoms with Crippen molar-refractivity contribution >= 4 is 5.97 Å². The van der Waals surface area contributed by atoms with Gasteiger partial charge in [0, 0.05) is 18.0 Å². The van der Waals surface area contributed by atoms with Crippen LogP contribution in [0.4, 0.5) is 0 Å². The van der Waals surface area contributed by atoms with E-state index in [4.69, 9.17) is 9.15 Å². The topological polar surface area (TPSA) is 51.5 Å². The number of fused-ring (bicyclic) bond motifs is 1. The van der Waals surface area contributed by atoms with Gasteiger partial charge in [0.1, 0.15) is 11.8 Å². The first-order valence-electron chi connectivity index (χ1n) is 5.62. The van der Waals surface area contributed by atoms with Crippen LogP contribution in [0.15, 0.2) is 16.7 Å². The standard InChI is InChI=1S/C12H17NO3/c1-8(12(14)15-2)13-10-4-3-5-11-9(10)6-7-16-11/h6-8,10,13H,3-5H2,1-2H3/t8-,10?/m0/s1. The minimum atomic E-state index is -0.282. The molecule has 2 atom stereocenters. The predicted octanol–water partition coefficient (Wildman–Crippen LogP) is 1.81. The third kappa shape index (κ3) is 2.11. The minimum Gasteiger partial charge on any atom is -0.469 e. The molecule has 1 aliphatic carbocycles. The van der Waals surface area contributed by atoms with Gasteiger partial charge in [-0.15, -0.1) is 0 Å². The van der Waals surface area contributed by atoms with Crippen LogP contribution in [0.1, 0.15) is 37.1 Å². The summed E-state index contributed by atoms with van der Waals surface area (Å²) in [5.41, 5.74) is 1.18. The molecule has 1 aromatic rings. The van der Waals surface area contributed by atoms with Crippen molar-refractivity contribution in [2.75, 3.05) is 7.11 Å². The number of aryl methyl sites for hydroxylation is 1. The highest BCUT2D eigenvalue weighted by Gasteiger charge is 2.25. The molecule has 0 radical (unpaired) electrons. The predicted molar refractivity (Wildman–Crippen MR) is 59.0 cm³/mol. The maximum atomic E-state index is 11.3. The maximum Gasteiger partial charge on any atom is 0.322 e. The lowest BCUT2D eigenvalue weighted by molar-refractivity contribution is -0.142. The van der Waals surface area contributed by atoms with Gasteiger partial charge in [-0.3, -0.25) is 10.1 Å². The zero-order valence-electron chi connectivity index (χ0n) is 9.66. The van der Waals surface area contributed by atoms with Crippen molar-refractivity contribution in [3.05, 3.63) is 23.7 Å². The number of methoxy groups -OCH3 is 1. The summed E-state index contributed by atoms with van der Waals surface area (Å²) in [5, 5.41) is 3.28. The molecule has 0 aliphatic heterocycles. The zero-order chi connectivity index (χ0) is 11.5. The zero-order valence-corrected chi connectivity index (χ0v) is 9.66. The summed E-state index contributed by atoms with van der Waals surface area (Å²) in [6.07, 6.45) is 4.83. The van der Waals surface area contributed by atoms with Crippen LogP contribution in [-0.2, 0) is 16.0 Å². The quantitative estimate of drug-likeness (QED) is 0.794. The van der Waals surface area contributed by atoms with Crippen LogP contribution in [0.3, 0.4) is 0 Å². The lowest BCUT2D eigenvalue weighted by Gasteiger charge is -2.25. The fourth-order valence-electron chi connectivity index (χ4n) is 2.21. The molecule has 16 heavy (non-hydrogen) atoms. The van der Waals surface area contributed by atoms with Crippen molar-refractivity contribution in [1.82, 2.24) is 5.32 Å². The Labute approximate surface area is 95.0 Å². The Morgan fingerprint density at radius 1 is 1.69 bits per heavy atom. The molecule has 1 aromatic heterocycles. The molecule has 0 fully saturated rings. The van der Waals surface area contributed by atoms with Gasteiger partial charge in [-0.2, -0.15) is 0 Å². The monoisotopic (exact) mass is 223 g/mol. The van der Waals surface area contributed by atoms with E-state index in [1.807, 2.05) is 13.0 Å². The molecule has 2 rings (SSSR count). The number of ether oxygens (including phenoxy) is 1. The third-order valence-electron chi connectivity index (χ3n) is 3.06. The molecular formula is C12H17NO3. The van der Waals surface area contributed by atoms with Gasteiger partial charge in [0.25, 0.3) is 0 Å². The summed E-state index contributed by atoms with van der Waals surface area (Å²) in [5.74, 6) is 0.816. The fourth-order valence-corrected chi connectivity index (χ4v) is 2.21. The second-order valence-electron chi connectivity index (χ2n) is 4.16. The van der Waals surface area contributed by atoms with E-state index in [0.29, 0.717) is 0 Å². The van der Waals surface area contributed by atoms with E-state index < -0.39 is 0 Å². The number of esters is 1. The molecule has 0 amide bonds. The molecule has 0 aromatic carbocycles. The highest BCUT2D eigenvalue weighted by atomic mass is 16.5. The first kappa shape index (κ1) is 11.2. The molecule has 4 nitrogen and oxygen atoms in total. The molecule has 0 spiro atoms. The maximum absolute atomic E-state index is 11.3. The Bertz CT molecular complexity index is 372. The van der Waals surface area contributed by atoms with Gasteiger partial charge in [-0.25, -0.2) is 0 Å². The van der Waals surface area contributed by atoms with Gasteiger partial charge in [-0.1, -0.05) is 0 Å². The van der Waals surface area contributed by atoms with Crippen LogP contribution in [-0.4, -0.2) is 19.1 Å².